The fourth-order valence-corrected chi connectivity index (χ4v) is 1.34. The molecule has 4 heteroatoms. The minimum Gasteiger partial charge on any atom is -0.508 e. The van der Waals surface area contributed by atoms with Crippen LogP contribution in [0.4, 0.5) is 0 Å². The number of phenolic OH excluding ortho intramolecular Hbond substituents is 1. The summed E-state index contributed by atoms with van der Waals surface area (Å²) < 4.78 is 5.68. The molecule has 1 aromatic carbocycles. The lowest BCUT2D eigenvalue weighted by Gasteiger charge is -2.24. The Morgan fingerprint density at radius 2 is 1.88 bits per heavy atom. The van der Waals surface area contributed by atoms with Crippen LogP contribution in [0.5, 0.6) is 11.5 Å². The molecule has 0 bridgehead atoms. The van der Waals surface area contributed by atoms with Crippen LogP contribution in [0.15, 0.2) is 18.2 Å². The van der Waals surface area contributed by atoms with E-state index in [1.807, 2.05) is 20.8 Å². The molecular formula is C13H19NO3. The summed E-state index contributed by atoms with van der Waals surface area (Å²) in [6.07, 6.45) is 0. The lowest BCUT2D eigenvalue weighted by atomic mass is 10.1. The first-order valence-electron chi connectivity index (χ1n) is 5.44. The quantitative estimate of drug-likeness (QED) is 0.858. The Balaban J connectivity index is 3.17. The van der Waals surface area contributed by atoms with Crippen LogP contribution < -0.4 is 4.74 Å². The Kier molecular flexibility index (Phi) is 3.66. The van der Waals surface area contributed by atoms with E-state index in [0.29, 0.717) is 11.3 Å². The number of phenols is 1. The van der Waals surface area contributed by atoms with Gasteiger partial charge in [0.2, 0.25) is 0 Å². The lowest BCUT2D eigenvalue weighted by Crippen LogP contribution is -2.27. The van der Waals surface area contributed by atoms with Crippen molar-refractivity contribution in [3.8, 4) is 11.5 Å². The number of carbonyl (C=O) groups is 1. The SMILES string of the molecule is CN(C)C(=O)c1ccc(O)cc1OC(C)(C)C. The Hall–Kier alpha value is -1.71. The molecule has 0 spiro atoms. The number of carbonyl (C=O) groups excluding carboxylic acids is 1. The van der Waals surface area contributed by atoms with E-state index in [1.54, 1.807) is 20.2 Å². The summed E-state index contributed by atoms with van der Waals surface area (Å²) in [5.74, 6) is 0.333. The highest BCUT2D eigenvalue weighted by Gasteiger charge is 2.19. The van der Waals surface area contributed by atoms with E-state index < -0.39 is 5.60 Å². The number of aromatic hydroxyl groups is 1. The van der Waals surface area contributed by atoms with E-state index in [1.165, 1.54) is 17.0 Å². The van der Waals surface area contributed by atoms with Crippen LogP contribution in [-0.2, 0) is 0 Å². The van der Waals surface area contributed by atoms with Crippen molar-refractivity contribution in [2.75, 3.05) is 14.1 Å². The Labute approximate surface area is 102 Å². The van der Waals surface area contributed by atoms with Gasteiger partial charge in [0.25, 0.3) is 5.91 Å². The van der Waals surface area contributed by atoms with Crippen molar-refractivity contribution in [1.82, 2.24) is 4.90 Å². The van der Waals surface area contributed by atoms with Crippen LogP contribution in [0.2, 0.25) is 0 Å². The van der Waals surface area contributed by atoms with Crippen molar-refractivity contribution in [2.45, 2.75) is 26.4 Å². The first kappa shape index (κ1) is 13.4. The molecule has 1 N–H and O–H groups in total. The third kappa shape index (κ3) is 3.66. The molecule has 0 aliphatic carbocycles. The van der Waals surface area contributed by atoms with Gasteiger partial charge in [-0.1, -0.05) is 0 Å². The lowest BCUT2D eigenvalue weighted by molar-refractivity contribution is 0.0809. The fraction of sp³-hybridized carbons (Fsp3) is 0.462. The number of hydrogen-bond acceptors (Lipinski definition) is 3. The molecule has 1 rings (SSSR count). The van der Waals surface area contributed by atoms with Gasteiger partial charge in [-0.05, 0) is 32.9 Å². The molecule has 17 heavy (non-hydrogen) atoms. The van der Waals surface area contributed by atoms with Gasteiger partial charge < -0.3 is 14.7 Å². The largest absolute Gasteiger partial charge is 0.508 e. The molecule has 0 saturated carbocycles. The molecule has 0 atom stereocenters. The van der Waals surface area contributed by atoms with Crippen LogP contribution >= 0.6 is 0 Å². The van der Waals surface area contributed by atoms with E-state index in [2.05, 4.69) is 0 Å². The highest BCUT2D eigenvalue weighted by Crippen LogP contribution is 2.28. The monoisotopic (exact) mass is 237 g/mol. The van der Waals surface area contributed by atoms with Gasteiger partial charge in [-0.25, -0.2) is 0 Å². The Morgan fingerprint density at radius 1 is 1.29 bits per heavy atom. The predicted octanol–water partition coefficient (Wildman–Crippen LogP) is 2.27. The van der Waals surface area contributed by atoms with Gasteiger partial charge in [0.05, 0.1) is 5.56 Å². The van der Waals surface area contributed by atoms with Crippen molar-refractivity contribution in [2.24, 2.45) is 0 Å². The first-order chi connectivity index (χ1) is 7.70. The summed E-state index contributed by atoms with van der Waals surface area (Å²) in [4.78, 5) is 13.4. The maximum absolute atomic E-state index is 11.9. The van der Waals surface area contributed by atoms with Crippen LogP contribution in [0.1, 0.15) is 31.1 Å². The molecule has 0 fully saturated rings. The van der Waals surface area contributed by atoms with Gasteiger partial charge in [0.1, 0.15) is 17.1 Å². The highest BCUT2D eigenvalue weighted by molar-refractivity contribution is 5.96. The molecule has 1 amide bonds. The molecule has 0 unspecified atom stereocenters. The Bertz CT molecular complexity index is 419. The van der Waals surface area contributed by atoms with E-state index in [-0.39, 0.29) is 11.7 Å². The number of benzene rings is 1. The van der Waals surface area contributed by atoms with Crippen LogP contribution in [-0.4, -0.2) is 35.6 Å². The molecule has 0 aliphatic rings. The van der Waals surface area contributed by atoms with E-state index in [9.17, 15) is 9.90 Å². The van der Waals surface area contributed by atoms with Gasteiger partial charge in [-0.15, -0.1) is 0 Å². The number of hydrogen-bond donors (Lipinski definition) is 1. The maximum Gasteiger partial charge on any atom is 0.257 e. The fourth-order valence-electron chi connectivity index (χ4n) is 1.34. The molecular weight excluding hydrogens is 218 g/mol. The van der Waals surface area contributed by atoms with Crippen LogP contribution in [0, 0.1) is 0 Å². The van der Waals surface area contributed by atoms with Crippen molar-refractivity contribution in [3.63, 3.8) is 0 Å². The number of rotatable bonds is 2. The molecule has 0 radical (unpaired) electrons. The first-order valence-corrected chi connectivity index (χ1v) is 5.44. The van der Waals surface area contributed by atoms with Crippen LogP contribution in [0.25, 0.3) is 0 Å². The van der Waals surface area contributed by atoms with E-state index >= 15 is 0 Å². The maximum atomic E-state index is 11.9. The molecule has 0 aromatic heterocycles. The molecule has 0 aliphatic heterocycles. The second-order valence-corrected chi connectivity index (χ2v) is 5.09. The van der Waals surface area contributed by atoms with Gasteiger partial charge in [-0.2, -0.15) is 0 Å². The van der Waals surface area contributed by atoms with Gasteiger partial charge in [0.15, 0.2) is 0 Å². The zero-order valence-electron chi connectivity index (χ0n) is 10.9. The average molecular weight is 237 g/mol. The van der Waals surface area contributed by atoms with E-state index in [0.717, 1.165) is 0 Å². The average Bonchev–Trinajstić information content (AvgIpc) is 2.14. The summed E-state index contributed by atoms with van der Waals surface area (Å²) in [5.41, 5.74) is 0.0255. The topological polar surface area (TPSA) is 49.8 Å². The van der Waals surface area contributed by atoms with Gasteiger partial charge in [-0.3, -0.25) is 4.79 Å². The van der Waals surface area contributed by atoms with Gasteiger partial charge in [0, 0.05) is 20.2 Å². The molecule has 0 heterocycles. The standard InChI is InChI=1S/C13H19NO3/c1-13(2,3)17-11-8-9(15)6-7-10(11)12(16)14(4)5/h6-8,15H,1-5H3. The summed E-state index contributed by atoms with van der Waals surface area (Å²) >= 11 is 0. The molecule has 4 nitrogen and oxygen atoms in total. The van der Waals surface area contributed by atoms with E-state index in [4.69, 9.17) is 4.74 Å². The number of ether oxygens (including phenoxy) is 1. The van der Waals surface area contributed by atoms with Gasteiger partial charge >= 0.3 is 0 Å². The minimum atomic E-state index is -0.421. The highest BCUT2D eigenvalue weighted by atomic mass is 16.5. The molecule has 0 saturated heterocycles. The second-order valence-electron chi connectivity index (χ2n) is 5.09. The number of nitrogens with zero attached hydrogens (tertiary/aromatic N) is 1. The number of amides is 1. The normalized spacial score (nSPS) is 11.1. The van der Waals surface area contributed by atoms with Crippen molar-refractivity contribution < 1.29 is 14.6 Å². The summed E-state index contributed by atoms with van der Waals surface area (Å²) in [6, 6.07) is 4.51. The van der Waals surface area contributed by atoms with Crippen LogP contribution in [0.3, 0.4) is 0 Å². The zero-order chi connectivity index (χ0) is 13.2. The second kappa shape index (κ2) is 4.65. The van der Waals surface area contributed by atoms with Crippen molar-refractivity contribution >= 4 is 5.91 Å². The minimum absolute atomic E-state index is 0.0829. The zero-order valence-corrected chi connectivity index (χ0v) is 10.9. The van der Waals surface area contributed by atoms with Crippen molar-refractivity contribution in [1.29, 1.82) is 0 Å². The molecule has 1 aromatic rings. The summed E-state index contributed by atoms with van der Waals surface area (Å²) in [5, 5.41) is 9.45. The third-order valence-corrected chi connectivity index (χ3v) is 2.02. The predicted molar refractivity (Wildman–Crippen MR) is 66.5 cm³/mol. The summed E-state index contributed by atoms with van der Waals surface area (Å²) in [7, 11) is 3.35. The summed E-state index contributed by atoms with van der Waals surface area (Å²) in [6.45, 7) is 5.67. The smallest absolute Gasteiger partial charge is 0.257 e. The molecule has 94 valence electrons. The third-order valence-electron chi connectivity index (χ3n) is 2.02. The van der Waals surface area contributed by atoms with Crippen molar-refractivity contribution in [3.05, 3.63) is 23.8 Å². The Morgan fingerprint density at radius 3 is 2.35 bits per heavy atom.